The van der Waals surface area contributed by atoms with Crippen LogP contribution in [0.3, 0.4) is 0 Å². The van der Waals surface area contributed by atoms with Gasteiger partial charge in [0.1, 0.15) is 19.8 Å². The largest absolute Gasteiger partial charge is 0.756 e. The molecule has 0 saturated heterocycles. The summed E-state index contributed by atoms with van der Waals surface area (Å²) in [4.78, 5) is 37.8. The van der Waals surface area contributed by atoms with E-state index in [-0.39, 0.29) is 26.1 Å². The maximum absolute atomic E-state index is 12.7. The maximum Gasteiger partial charge on any atom is 0.306 e. The molecule has 0 aromatic rings. The standard InChI is InChI=1S/C60H110NO8P/c1-6-8-10-12-14-16-18-20-22-23-24-25-26-27-28-29-30-31-32-33-34-35-36-37-39-40-42-44-46-48-50-52-59(62)66-56-58(57-68-70(64,65)67-55-54-61(3,4)5)69-60(63)53-51-49-47-45-43-41-38-21-19-17-15-13-11-9-7-2/h9,11,15,17,21,23-24,38,43,45,58H,6-8,10,12-14,16,18-20,22,25-37,39-42,44,46-57H2,1-5H3/b11-9-,17-15-,24-23-,38-21-,45-43-. The van der Waals surface area contributed by atoms with Crippen LogP contribution in [-0.2, 0) is 32.7 Å². The summed E-state index contributed by atoms with van der Waals surface area (Å²) >= 11 is 0. The van der Waals surface area contributed by atoms with Crippen molar-refractivity contribution >= 4 is 19.8 Å². The second-order valence-electron chi connectivity index (χ2n) is 20.6. The molecule has 408 valence electrons. The monoisotopic (exact) mass is 1000 g/mol. The Morgan fingerprint density at radius 2 is 0.814 bits per heavy atom. The van der Waals surface area contributed by atoms with Crippen LogP contribution in [0.2, 0.25) is 0 Å². The zero-order valence-corrected chi connectivity index (χ0v) is 47.1. The summed E-state index contributed by atoms with van der Waals surface area (Å²) in [6, 6.07) is 0. The van der Waals surface area contributed by atoms with Gasteiger partial charge in [-0.3, -0.25) is 14.2 Å². The van der Waals surface area contributed by atoms with E-state index in [2.05, 4.69) is 74.6 Å². The van der Waals surface area contributed by atoms with Gasteiger partial charge < -0.3 is 27.9 Å². The fourth-order valence-corrected chi connectivity index (χ4v) is 8.78. The summed E-state index contributed by atoms with van der Waals surface area (Å²) in [7, 11) is 1.14. The van der Waals surface area contributed by atoms with E-state index in [4.69, 9.17) is 18.5 Å². The van der Waals surface area contributed by atoms with Gasteiger partial charge in [0.15, 0.2) is 6.10 Å². The van der Waals surface area contributed by atoms with Crippen molar-refractivity contribution in [1.82, 2.24) is 0 Å². The van der Waals surface area contributed by atoms with Gasteiger partial charge in [-0.15, -0.1) is 0 Å². The number of carbonyl (C=O) groups is 2. The molecule has 9 nitrogen and oxygen atoms in total. The lowest BCUT2D eigenvalue weighted by Gasteiger charge is -2.28. The zero-order chi connectivity index (χ0) is 51.3. The van der Waals surface area contributed by atoms with Crippen molar-refractivity contribution in [1.29, 1.82) is 0 Å². The molecule has 0 heterocycles. The lowest BCUT2D eigenvalue weighted by atomic mass is 10.0. The highest BCUT2D eigenvalue weighted by Gasteiger charge is 2.21. The number of rotatable bonds is 53. The SMILES string of the molecule is CC/C=C\C/C=C\C/C=C\C/C=C\CCCCC(=O)OC(COC(=O)CCCCCCCCCCCCCCCCCCCCC/C=C\CCCCCCCCCC)COP(=O)([O-])OCC[N+](C)(C)C. The normalized spacial score (nSPS) is 13.7. The third-order valence-corrected chi connectivity index (χ3v) is 13.5. The fourth-order valence-electron chi connectivity index (χ4n) is 8.05. The summed E-state index contributed by atoms with van der Waals surface area (Å²) in [6.07, 6.45) is 65.8. The first-order valence-corrected chi connectivity index (χ1v) is 30.5. The maximum atomic E-state index is 12.7. The average Bonchev–Trinajstić information content (AvgIpc) is 3.32. The molecule has 0 aliphatic rings. The van der Waals surface area contributed by atoms with E-state index in [1.807, 2.05) is 21.1 Å². The van der Waals surface area contributed by atoms with E-state index in [0.717, 1.165) is 57.8 Å². The molecule has 0 aromatic heterocycles. The molecule has 0 fully saturated rings. The molecule has 0 saturated carbocycles. The number of phosphoric acid groups is 1. The van der Waals surface area contributed by atoms with Gasteiger partial charge in [0.25, 0.3) is 7.82 Å². The molecule has 70 heavy (non-hydrogen) atoms. The number of esters is 2. The van der Waals surface area contributed by atoms with E-state index < -0.39 is 32.5 Å². The summed E-state index contributed by atoms with van der Waals surface area (Å²) in [5, 5.41) is 0. The predicted molar refractivity (Wildman–Crippen MR) is 296 cm³/mol. The number of unbranched alkanes of at least 4 members (excludes halogenated alkanes) is 29. The molecule has 0 bridgehead atoms. The number of quaternary nitrogens is 1. The van der Waals surface area contributed by atoms with Gasteiger partial charge in [-0.2, -0.15) is 0 Å². The molecule has 0 N–H and O–H groups in total. The van der Waals surface area contributed by atoms with E-state index in [1.165, 1.54) is 167 Å². The zero-order valence-electron chi connectivity index (χ0n) is 46.2. The van der Waals surface area contributed by atoms with E-state index in [9.17, 15) is 19.0 Å². The van der Waals surface area contributed by atoms with Gasteiger partial charge in [0, 0.05) is 12.8 Å². The topological polar surface area (TPSA) is 111 Å². The van der Waals surface area contributed by atoms with Crippen molar-refractivity contribution < 1.29 is 42.1 Å². The first-order valence-electron chi connectivity index (χ1n) is 29.0. The van der Waals surface area contributed by atoms with Crippen molar-refractivity contribution in [3.8, 4) is 0 Å². The van der Waals surface area contributed by atoms with Gasteiger partial charge in [0.05, 0.1) is 27.7 Å². The van der Waals surface area contributed by atoms with Crippen LogP contribution in [0.1, 0.15) is 258 Å². The minimum atomic E-state index is -4.64. The Hall–Kier alpha value is -2.29. The minimum Gasteiger partial charge on any atom is -0.756 e. The Balaban J connectivity index is 4.05. The van der Waals surface area contributed by atoms with Crippen LogP contribution in [0.15, 0.2) is 60.8 Å². The summed E-state index contributed by atoms with van der Waals surface area (Å²) in [5.41, 5.74) is 0. The number of allylic oxidation sites excluding steroid dienone is 10. The van der Waals surface area contributed by atoms with Crippen molar-refractivity contribution in [3.05, 3.63) is 60.8 Å². The molecule has 10 heteroatoms. The number of phosphoric ester groups is 1. The van der Waals surface area contributed by atoms with E-state index >= 15 is 0 Å². The lowest BCUT2D eigenvalue weighted by Crippen LogP contribution is -2.37. The Bertz CT molecular complexity index is 1370. The molecule has 0 aromatic carbocycles. The lowest BCUT2D eigenvalue weighted by molar-refractivity contribution is -0.870. The molecule has 0 amide bonds. The van der Waals surface area contributed by atoms with Gasteiger partial charge in [0.2, 0.25) is 0 Å². The molecule has 2 atom stereocenters. The van der Waals surface area contributed by atoms with Crippen molar-refractivity contribution in [2.45, 2.75) is 264 Å². The first kappa shape index (κ1) is 67.7. The van der Waals surface area contributed by atoms with Gasteiger partial charge >= 0.3 is 11.9 Å². The predicted octanol–water partition coefficient (Wildman–Crippen LogP) is 17.3. The molecular formula is C60H110NO8P. The third-order valence-electron chi connectivity index (χ3n) is 12.5. The number of ether oxygens (including phenoxy) is 2. The second-order valence-corrected chi connectivity index (χ2v) is 22.0. The van der Waals surface area contributed by atoms with Crippen molar-refractivity contribution in [3.63, 3.8) is 0 Å². The highest BCUT2D eigenvalue weighted by molar-refractivity contribution is 7.45. The average molecular weight is 1000 g/mol. The quantitative estimate of drug-likeness (QED) is 0.0195. The number of hydrogen-bond acceptors (Lipinski definition) is 8. The molecule has 0 aliphatic heterocycles. The fraction of sp³-hybridized carbons (Fsp3) is 0.800. The Labute approximate surface area is 432 Å². The van der Waals surface area contributed by atoms with Gasteiger partial charge in [-0.1, -0.05) is 229 Å². The minimum absolute atomic E-state index is 0.0400. The van der Waals surface area contributed by atoms with Crippen molar-refractivity contribution in [2.75, 3.05) is 47.5 Å². The Kier molecular flexibility index (Phi) is 49.9. The van der Waals surface area contributed by atoms with Crippen LogP contribution < -0.4 is 4.89 Å². The van der Waals surface area contributed by atoms with Gasteiger partial charge in [-0.05, 0) is 77.0 Å². The molecule has 0 radical (unpaired) electrons. The van der Waals surface area contributed by atoms with Crippen LogP contribution in [0.25, 0.3) is 0 Å². The number of likely N-dealkylation sites (N-methyl/N-ethyl adjacent to an activating group) is 1. The highest BCUT2D eigenvalue weighted by atomic mass is 31.2. The molecular weight excluding hydrogens is 894 g/mol. The molecule has 0 rings (SSSR count). The summed E-state index contributed by atoms with van der Waals surface area (Å²) in [6.45, 7) is 4.09. The van der Waals surface area contributed by atoms with Crippen LogP contribution in [0.4, 0.5) is 0 Å². The summed E-state index contributed by atoms with van der Waals surface area (Å²) in [5.74, 6) is -0.877. The highest BCUT2D eigenvalue weighted by Crippen LogP contribution is 2.38. The molecule has 0 spiro atoms. The van der Waals surface area contributed by atoms with Crippen LogP contribution in [-0.4, -0.2) is 70.0 Å². The van der Waals surface area contributed by atoms with E-state index in [1.54, 1.807) is 0 Å². The van der Waals surface area contributed by atoms with Crippen LogP contribution in [0, 0.1) is 0 Å². The van der Waals surface area contributed by atoms with Gasteiger partial charge in [-0.25, -0.2) is 0 Å². The number of nitrogens with zero attached hydrogens (tertiary/aromatic N) is 1. The Morgan fingerprint density at radius 1 is 0.457 bits per heavy atom. The molecule has 0 aliphatic carbocycles. The number of carbonyl (C=O) groups excluding carboxylic acids is 2. The Morgan fingerprint density at radius 3 is 1.26 bits per heavy atom. The van der Waals surface area contributed by atoms with Crippen molar-refractivity contribution in [2.24, 2.45) is 0 Å². The summed E-state index contributed by atoms with van der Waals surface area (Å²) < 4.78 is 34.0. The smallest absolute Gasteiger partial charge is 0.306 e. The second kappa shape index (κ2) is 51.6. The molecule has 2 unspecified atom stereocenters. The van der Waals surface area contributed by atoms with Crippen LogP contribution in [0.5, 0.6) is 0 Å². The van der Waals surface area contributed by atoms with E-state index in [0.29, 0.717) is 17.4 Å². The first-order chi connectivity index (χ1) is 34.0. The number of hydrogen-bond donors (Lipinski definition) is 0. The third kappa shape index (κ3) is 55.0. The van der Waals surface area contributed by atoms with Crippen LogP contribution >= 0.6 is 7.82 Å².